The molecular weight excluding hydrogens is 480 g/mol. The van der Waals surface area contributed by atoms with Gasteiger partial charge in [-0.1, -0.05) is 38.5 Å². The lowest BCUT2D eigenvalue weighted by atomic mass is 9.83. The molecule has 0 unspecified atom stereocenters. The second-order valence-corrected chi connectivity index (χ2v) is 9.89. The van der Waals surface area contributed by atoms with E-state index >= 15 is 0 Å². The normalized spacial score (nSPS) is 25.1. The van der Waals surface area contributed by atoms with E-state index < -0.39 is 36.8 Å². The number of hydrogen-bond acceptors (Lipinski definition) is 9. The van der Waals surface area contributed by atoms with Crippen LogP contribution in [0, 0.1) is 11.8 Å². The van der Waals surface area contributed by atoms with Crippen LogP contribution in [0.15, 0.2) is 12.3 Å². The van der Waals surface area contributed by atoms with Crippen molar-refractivity contribution in [3.8, 4) is 11.5 Å². The molecule has 1 aromatic heterocycles. The second-order valence-electron chi connectivity index (χ2n) is 9.89. The average Bonchev–Trinajstić information content (AvgIpc) is 3.38. The highest BCUT2D eigenvalue weighted by atomic mass is 16.7. The van der Waals surface area contributed by atoms with E-state index in [4.69, 9.17) is 23.7 Å². The second kappa shape index (κ2) is 14.2. The van der Waals surface area contributed by atoms with Crippen LogP contribution in [-0.4, -0.2) is 62.1 Å². The molecule has 2 fully saturated rings. The predicted molar refractivity (Wildman–Crippen MR) is 134 cm³/mol. The van der Waals surface area contributed by atoms with Gasteiger partial charge in [-0.25, -0.2) is 9.78 Å². The summed E-state index contributed by atoms with van der Waals surface area (Å²) in [5.74, 6) is -0.356. The Balaban J connectivity index is 1.70. The number of pyridine rings is 1. The van der Waals surface area contributed by atoms with Crippen LogP contribution in [0.1, 0.15) is 82.1 Å². The summed E-state index contributed by atoms with van der Waals surface area (Å²) >= 11 is 0. The van der Waals surface area contributed by atoms with E-state index in [1.165, 1.54) is 52.0 Å². The van der Waals surface area contributed by atoms with Crippen molar-refractivity contribution in [2.45, 2.75) is 89.9 Å². The Bertz CT molecular complexity index is 918. The van der Waals surface area contributed by atoms with Crippen LogP contribution >= 0.6 is 0 Å². The third-order valence-corrected chi connectivity index (χ3v) is 7.29. The van der Waals surface area contributed by atoms with Crippen molar-refractivity contribution in [2.75, 3.05) is 21.0 Å². The van der Waals surface area contributed by atoms with Crippen molar-refractivity contribution in [1.82, 2.24) is 10.3 Å². The fraction of sp³-hybridized carbons (Fsp3) is 0.704. The SMILES string of the molecule is COc1ccnc(C(=O)N[C@H]2CCCC[C@H](CC3CCCC3)[C@@H](OC)[C@H](C)OC2=O)c1OCOC(C)=O. The highest BCUT2D eigenvalue weighted by molar-refractivity contribution is 5.98. The number of nitrogens with one attached hydrogen (secondary N) is 1. The number of aromatic nitrogens is 1. The highest BCUT2D eigenvalue weighted by Gasteiger charge is 2.35. The first kappa shape index (κ1) is 28.7. The zero-order valence-corrected chi connectivity index (χ0v) is 22.3. The largest absolute Gasteiger partial charge is 0.493 e. The molecule has 1 saturated heterocycles. The Hall–Kier alpha value is -2.88. The maximum Gasteiger partial charge on any atom is 0.329 e. The molecule has 0 radical (unpaired) electrons. The zero-order chi connectivity index (χ0) is 26.8. The molecule has 37 heavy (non-hydrogen) atoms. The van der Waals surface area contributed by atoms with Crippen LogP contribution in [0.5, 0.6) is 11.5 Å². The van der Waals surface area contributed by atoms with E-state index in [0.717, 1.165) is 25.7 Å². The van der Waals surface area contributed by atoms with Crippen molar-refractivity contribution < 1.29 is 38.1 Å². The smallest absolute Gasteiger partial charge is 0.329 e. The van der Waals surface area contributed by atoms with Crippen molar-refractivity contribution in [2.24, 2.45) is 11.8 Å². The standard InChI is InChI=1S/C27H40N2O8/c1-17-24(34-4)20(15-19-9-5-6-10-19)11-7-8-12-21(27(32)37-17)29-26(31)23-25(36-16-35-18(2)30)22(33-3)13-14-28-23/h13-14,17,19-21,24H,5-12,15-16H2,1-4H3,(H,29,31)/t17-,20+,21-,24-/m0/s1. The zero-order valence-electron chi connectivity index (χ0n) is 22.3. The number of rotatable bonds is 9. The summed E-state index contributed by atoms with van der Waals surface area (Å²) in [5.41, 5.74) is -0.0872. The van der Waals surface area contributed by atoms with Gasteiger partial charge in [0.25, 0.3) is 5.91 Å². The molecule has 0 bridgehead atoms. The summed E-state index contributed by atoms with van der Waals surface area (Å²) in [5, 5.41) is 2.76. The van der Waals surface area contributed by atoms with Crippen LogP contribution < -0.4 is 14.8 Å². The van der Waals surface area contributed by atoms with Crippen LogP contribution in [0.2, 0.25) is 0 Å². The van der Waals surface area contributed by atoms with Crippen LogP contribution in [0.25, 0.3) is 0 Å². The fourth-order valence-corrected chi connectivity index (χ4v) is 5.48. The summed E-state index contributed by atoms with van der Waals surface area (Å²) in [6, 6.07) is 0.666. The van der Waals surface area contributed by atoms with Crippen molar-refractivity contribution >= 4 is 17.8 Å². The Morgan fingerprint density at radius 3 is 2.49 bits per heavy atom. The quantitative estimate of drug-likeness (QED) is 0.382. The van der Waals surface area contributed by atoms with Gasteiger partial charge in [0.1, 0.15) is 12.1 Å². The summed E-state index contributed by atoms with van der Waals surface area (Å²) in [4.78, 5) is 41.6. The molecule has 1 N–H and O–H groups in total. The van der Waals surface area contributed by atoms with Gasteiger partial charge in [-0.15, -0.1) is 0 Å². The molecule has 10 nitrogen and oxygen atoms in total. The average molecular weight is 521 g/mol. The van der Waals surface area contributed by atoms with Crippen LogP contribution in [-0.2, 0) is 23.8 Å². The molecule has 0 aromatic carbocycles. The van der Waals surface area contributed by atoms with Crippen LogP contribution in [0.4, 0.5) is 0 Å². The van der Waals surface area contributed by atoms with Crippen molar-refractivity contribution in [1.29, 1.82) is 0 Å². The third-order valence-electron chi connectivity index (χ3n) is 7.29. The molecule has 0 spiro atoms. The molecule has 1 saturated carbocycles. The van der Waals surface area contributed by atoms with E-state index in [-0.39, 0.29) is 23.3 Å². The van der Waals surface area contributed by atoms with Gasteiger partial charge in [0.05, 0.1) is 13.2 Å². The topological polar surface area (TPSA) is 122 Å². The van der Waals surface area contributed by atoms with Gasteiger partial charge in [-0.3, -0.25) is 9.59 Å². The summed E-state index contributed by atoms with van der Waals surface area (Å²) in [6.07, 6.45) is 10.1. The van der Waals surface area contributed by atoms with E-state index in [0.29, 0.717) is 18.3 Å². The van der Waals surface area contributed by atoms with E-state index in [2.05, 4.69) is 10.3 Å². The number of esters is 2. The number of hydrogen-bond donors (Lipinski definition) is 1. The summed E-state index contributed by atoms with van der Waals surface area (Å²) < 4.78 is 27.3. The molecule has 206 valence electrons. The Morgan fingerprint density at radius 2 is 1.81 bits per heavy atom. The van der Waals surface area contributed by atoms with E-state index in [1.807, 2.05) is 6.92 Å². The Kier molecular flexibility index (Phi) is 11.0. The summed E-state index contributed by atoms with van der Waals surface area (Å²) in [6.45, 7) is 2.69. The minimum absolute atomic E-state index is 0.0135. The van der Waals surface area contributed by atoms with Gasteiger partial charge >= 0.3 is 11.9 Å². The number of nitrogens with zero attached hydrogens (tertiary/aromatic N) is 1. The lowest BCUT2D eigenvalue weighted by Gasteiger charge is -2.34. The van der Waals surface area contributed by atoms with Gasteiger partial charge in [0.15, 0.2) is 17.2 Å². The molecule has 1 aromatic rings. The van der Waals surface area contributed by atoms with Crippen LogP contribution in [0.3, 0.4) is 0 Å². The number of carbonyl (C=O) groups is 3. The van der Waals surface area contributed by atoms with Gasteiger partial charge < -0.3 is 29.0 Å². The molecule has 10 heteroatoms. The molecule has 3 rings (SSSR count). The molecule has 4 atom stereocenters. The molecule has 1 aliphatic carbocycles. The maximum atomic E-state index is 13.2. The first-order chi connectivity index (χ1) is 17.8. The molecular formula is C27H40N2O8. The van der Waals surface area contributed by atoms with Gasteiger partial charge in [-0.05, 0) is 38.0 Å². The van der Waals surface area contributed by atoms with Crippen molar-refractivity contribution in [3.05, 3.63) is 18.0 Å². The first-order valence-corrected chi connectivity index (χ1v) is 13.2. The highest BCUT2D eigenvalue weighted by Crippen LogP contribution is 2.36. The monoisotopic (exact) mass is 520 g/mol. The van der Waals surface area contributed by atoms with Gasteiger partial charge in [-0.2, -0.15) is 0 Å². The third kappa shape index (κ3) is 8.05. The number of carbonyl (C=O) groups excluding carboxylic acids is 3. The number of cyclic esters (lactones) is 1. The number of ether oxygens (including phenoxy) is 5. The van der Waals surface area contributed by atoms with E-state index in [1.54, 1.807) is 7.11 Å². The maximum absolute atomic E-state index is 13.2. The molecule has 2 heterocycles. The van der Waals surface area contributed by atoms with E-state index in [9.17, 15) is 14.4 Å². The number of amides is 1. The fourth-order valence-electron chi connectivity index (χ4n) is 5.48. The molecule has 1 aliphatic heterocycles. The van der Waals surface area contributed by atoms with Gasteiger partial charge in [0, 0.05) is 26.3 Å². The predicted octanol–water partition coefficient (Wildman–Crippen LogP) is 3.81. The first-order valence-electron chi connectivity index (χ1n) is 13.2. The Morgan fingerprint density at radius 1 is 1.11 bits per heavy atom. The summed E-state index contributed by atoms with van der Waals surface area (Å²) in [7, 11) is 3.09. The molecule has 1 amide bonds. The minimum atomic E-state index is -0.854. The lowest BCUT2D eigenvalue weighted by molar-refractivity contribution is -0.161. The minimum Gasteiger partial charge on any atom is -0.493 e. The van der Waals surface area contributed by atoms with Crippen molar-refractivity contribution in [3.63, 3.8) is 0 Å². The molecule has 2 aliphatic rings. The number of methoxy groups -OCH3 is 2. The lowest BCUT2D eigenvalue weighted by Crippen LogP contribution is -2.46. The van der Waals surface area contributed by atoms with Gasteiger partial charge in [0.2, 0.25) is 6.79 Å². The Labute approximate surface area is 218 Å².